The number of carbonyl (C=O) groups excluding carboxylic acids is 1. The lowest BCUT2D eigenvalue weighted by Gasteiger charge is -2.19. The summed E-state index contributed by atoms with van der Waals surface area (Å²) in [5.74, 6) is 2.40. The van der Waals surface area contributed by atoms with E-state index in [4.69, 9.17) is 14.8 Å². The number of ether oxygens (including phenoxy) is 1. The molecule has 0 spiro atoms. The number of carbonyl (C=O) groups is 1. The predicted molar refractivity (Wildman–Crippen MR) is 98.6 cm³/mol. The van der Waals surface area contributed by atoms with Crippen LogP contribution >= 0.6 is 0 Å². The Hall–Kier alpha value is -2.47. The maximum atomic E-state index is 12.5. The molecule has 0 aliphatic carbocycles. The zero-order valence-electron chi connectivity index (χ0n) is 14.9. The van der Waals surface area contributed by atoms with Gasteiger partial charge in [0.25, 0.3) is 0 Å². The maximum Gasteiger partial charge on any atom is 0.246 e. The molecule has 0 bridgehead atoms. The average molecular weight is 352 g/mol. The standard InChI is InChI=1S/C20H24N4O2/c25-19(7-6-16-4-2-1-3-5-16)23-11-8-18-21-20(22-24(18)13-12-23)17-9-14-26-15-10-17/h1-7,17H,8-15H2. The van der Waals surface area contributed by atoms with Crippen LogP contribution in [-0.2, 0) is 22.5 Å². The predicted octanol–water partition coefficient (Wildman–Crippen LogP) is 2.27. The van der Waals surface area contributed by atoms with Gasteiger partial charge in [0.15, 0.2) is 5.82 Å². The number of benzene rings is 1. The van der Waals surface area contributed by atoms with E-state index < -0.39 is 0 Å². The SMILES string of the molecule is O=C(C=Cc1ccccc1)N1CCc2nc(C3CCOCC3)nn2CC1. The molecule has 6 heteroatoms. The summed E-state index contributed by atoms with van der Waals surface area (Å²) in [4.78, 5) is 19.1. The van der Waals surface area contributed by atoms with Crippen LogP contribution in [0.2, 0.25) is 0 Å². The van der Waals surface area contributed by atoms with Crippen molar-refractivity contribution in [1.29, 1.82) is 0 Å². The molecule has 2 aliphatic heterocycles. The Morgan fingerprint density at radius 3 is 2.73 bits per heavy atom. The molecule has 1 aromatic heterocycles. The minimum absolute atomic E-state index is 0.0456. The lowest BCUT2D eigenvalue weighted by molar-refractivity contribution is -0.125. The molecular formula is C20H24N4O2. The Morgan fingerprint density at radius 1 is 1.12 bits per heavy atom. The second-order valence-corrected chi connectivity index (χ2v) is 6.82. The fourth-order valence-corrected chi connectivity index (χ4v) is 3.51. The highest BCUT2D eigenvalue weighted by Gasteiger charge is 2.24. The zero-order valence-corrected chi connectivity index (χ0v) is 14.9. The Kier molecular flexibility index (Phi) is 5.11. The summed E-state index contributed by atoms with van der Waals surface area (Å²) in [6, 6.07) is 9.89. The van der Waals surface area contributed by atoms with Gasteiger partial charge >= 0.3 is 0 Å². The van der Waals surface area contributed by atoms with Crippen molar-refractivity contribution < 1.29 is 9.53 Å². The third kappa shape index (κ3) is 3.85. The molecule has 2 aliphatic rings. The molecule has 0 saturated carbocycles. The molecule has 0 N–H and O–H groups in total. The van der Waals surface area contributed by atoms with Crippen molar-refractivity contribution in [3.8, 4) is 0 Å². The minimum Gasteiger partial charge on any atom is -0.381 e. The number of aromatic nitrogens is 3. The number of fused-ring (bicyclic) bond motifs is 1. The summed E-state index contributed by atoms with van der Waals surface area (Å²) in [6.45, 7) is 3.65. The van der Waals surface area contributed by atoms with Crippen molar-refractivity contribution in [2.75, 3.05) is 26.3 Å². The van der Waals surface area contributed by atoms with Crippen LogP contribution in [0.5, 0.6) is 0 Å². The number of nitrogens with zero attached hydrogens (tertiary/aromatic N) is 4. The van der Waals surface area contributed by atoms with Gasteiger partial charge < -0.3 is 9.64 Å². The van der Waals surface area contributed by atoms with Crippen molar-refractivity contribution in [2.24, 2.45) is 0 Å². The first-order chi connectivity index (χ1) is 12.8. The van der Waals surface area contributed by atoms with E-state index in [9.17, 15) is 4.79 Å². The van der Waals surface area contributed by atoms with Gasteiger partial charge in [0.1, 0.15) is 5.82 Å². The summed E-state index contributed by atoms with van der Waals surface area (Å²) in [6.07, 6.45) is 6.27. The molecule has 26 heavy (non-hydrogen) atoms. The quantitative estimate of drug-likeness (QED) is 0.795. The monoisotopic (exact) mass is 352 g/mol. The fourth-order valence-electron chi connectivity index (χ4n) is 3.51. The van der Waals surface area contributed by atoms with Crippen LogP contribution in [-0.4, -0.2) is 51.9 Å². The molecule has 1 amide bonds. The third-order valence-electron chi connectivity index (χ3n) is 5.07. The average Bonchev–Trinajstić information content (AvgIpc) is 3.01. The van der Waals surface area contributed by atoms with Crippen LogP contribution in [0.25, 0.3) is 6.08 Å². The normalized spacial score (nSPS) is 18.7. The Morgan fingerprint density at radius 2 is 1.92 bits per heavy atom. The number of rotatable bonds is 3. The van der Waals surface area contributed by atoms with Crippen molar-refractivity contribution >= 4 is 12.0 Å². The molecule has 0 unspecified atom stereocenters. The molecule has 136 valence electrons. The van der Waals surface area contributed by atoms with E-state index in [1.54, 1.807) is 6.08 Å². The Bertz CT molecular complexity index is 753. The van der Waals surface area contributed by atoms with E-state index in [0.717, 1.165) is 49.7 Å². The van der Waals surface area contributed by atoms with Crippen LogP contribution in [0, 0.1) is 0 Å². The molecule has 2 aromatic rings. The highest BCUT2D eigenvalue weighted by atomic mass is 16.5. The van der Waals surface area contributed by atoms with Gasteiger partial charge in [0.05, 0.1) is 6.54 Å². The van der Waals surface area contributed by atoms with Gasteiger partial charge in [-0.1, -0.05) is 30.3 Å². The van der Waals surface area contributed by atoms with Crippen LogP contribution in [0.15, 0.2) is 36.4 Å². The topological polar surface area (TPSA) is 60.3 Å². The first-order valence-electron chi connectivity index (χ1n) is 9.33. The van der Waals surface area contributed by atoms with Gasteiger partial charge in [-0.25, -0.2) is 9.67 Å². The maximum absolute atomic E-state index is 12.5. The molecule has 1 saturated heterocycles. The molecule has 6 nitrogen and oxygen atoms in total. The van der Waals surface area contributed by atoms with Gasteiger partial charge in [-0.05, 0) is 24.5 Å². The first kappa shape index (κ1) is 17.0. The lowest BCUT2D eigenvalue weighted by atomic mass is 10.00. The molecule has 4 rings (SSSR count). The number of hydrogen-bond acceptors (Lipinski definition) is 4. The summed E-state index contributed by atoms with van der Waals surface area (Å²) in [7, 11) is 0. The fraction of sp³-hybridized carbons (Fsp3) is 0.450. The van der Waals surface area contributed by atoms with Gasteiger partial charge in [0.2, 0.25) is 5.91 Å². The van der Waals surface area contributed by atoms with Gasteiger partial charge in [-0.2, -0.15) is 5.10 Å². The van der Waals surface area contributed by atoms with Crippen molar-refractivity contribution in [3.05, 3.63) is 53.6 Å². The van der Waals surface area contributed by atoms with E-state index in [0.29, 0.717) is 25.6 Å². The second kappa shape index (κ2) is 7.83. The van der Waals surface area contributed by atoms with Gasteiger partial charge in [0, 0.05) is 44.7 Å². The lowest BCUT2D eigenvalue weighted by Crippen LogP contribution is -2.32. The largest absolute Gasteiger partial charge is 0.381 e. The molecule has 1 aromatic carbocycles. The molecule has 3 heterocycles. The minimum atomic E-state index is 0.0456. The highest BCUT2D eigenvalue weighted by molar-refractivity contribution is 5.91. The third-order valence-corrected chi connectivity index (χ3v) is 5.07. The zero-order chi connectivity index (χ0) is 17.8. The Labute approximate surface area is 153 Å². The van der Waals surface area contributed by atoms with Crippen LogP contribution in [0.1, 0.15) is 36.0 Å². The van der Waals surface area contributed by atoms with Gasteiger partial charge in [-0.15, -0.1) is 0 Å². The second-order valence-electron chi connectivity index (χ2n) is 6.82. The molecule has 1 fully saturated rings. The highest BCUT2D eigenvalue weighted by Crippen LogP contribution is 2.25. The molecular weight excluding hydrogens is 328 g/mol. The van der Waals surface area contributed by atoms with E-state index in [-0.39, 0.29) is 5.91 Å². The first-order valence-corrected chi connectivity index (χ1v) is 9.33. The summed E-state index contributed by atoms with van der Waals surface area (Å²) >= 11 is 0. The number of amides is 1. The van der Waals surface area contributed by atoms with Crippen molar-refractivity contribution in [3.63, 3.8) is 0 Å². The van der Waals surface area contributed by atoms with Crippen LogP contribution in [0.3, 0.4) is 0 Å². The van der Waals surface area contributed by atoms with E-state index in [1.807, 2.05) is 46.0 Å². The molecule has 0 atom stereocenters. The Balaban J connectivity index is 1.38. The van der Waals surface area contributed by atoms with Crippen LogP contribution < -0.4 is 0 Å². The summed E-state index contributed by atoms with van der Waals surface area (Å²) < 4.78 is 7.41. The van der Waals surface area contributed by atoms with Crippen LogP contribution in [0.4, 0.5) is 0 Å². The van der Waals surface area contributed by atoms with Crippen molar-refractivity contribution in [1.82, 2.24) is 19.7 Å². The van der Waals surface area contributed by atoms with Crippen molar-refractivity contribution in [2.45, 2.75) is 31.7 Å². The van der Waals surface area contributed by atoms with E-state index in [1.165, 1.54) is 0 Å². The molecule has 0 radical (unpaired) electrons. The smallest absolute Gasteiger partial charge is 0.246 e. The van der Waals surface area contributed by atoms with Gasteiger partial charge in [-0.3, -0.25) is 4.79 Å². The van der Waals surface area contributed by atoms with E-state index in [2.05, 4.69) is 0 Å². The summed E-state index contributed by atoms with van der Waals surface area (Å²) in [5, 5.41) is 4.72. The number of hydrogen-bond donors (Lipinski definition) is 0. The summed E-state index contributed by atoms with van der Waals surface area (Å²) in [5.41, 5.74) is 1.03. The van der Waals surface area contributed by atoms with E-state index >= 15 is 0 Å².